The highest BCUT2D eigenvalue weighted by Crippen LogP contribution is 2.28. The fraction of sp³-hybridized carbons (Fsp3) is 0.300. The van der Waals surface area contributed by atoms with Gasteiger partial charge < -0.3 is 15.7 Å². The molecule has 4 nitrogen and oxygen atoms in total. The summed E-state index contributed by atoms with van der Waals surface area (Å²) in [5.74, 6) is 1.00. The minimum Gasteiger partial charge on any atom is -0.492 e. The number of oxime groups is 1. The van der Waals surface area contributed by atoms with E-state index < -0.39 is 0 Å². The van der Waals surface area contributed by atoms with E-state index in [-0.39, 0.29) is 5.84 Å². The summed E-state index contributed by atoms with van der Waals surface area (Å²) < 4.78 is 7.41. The van der Waals surface area contributed by atoms with Gasteiger partial charge in [0.05, 0.1) is 11.1 Å². The highest BCUT2D eigenvalue weighted by atomic mass is 79.9. The number of amidine groups is 1. The number of rotatable bonds is 5. The predicted molar refractivity (Wildman–Crippen MR) is 70.0 cm³/mol. The zero-order valence-corrected chi connectivity index (χ0v) is 11.7. The lowest BCUT2D eigenvalue weighted by atomic mass is 10.3. The smallest absolute Gasteiger partial charge is 0.139 e. The Kier molecular flexibility index (Phi) is 5.62. The van der Waals surface area contributed by atoms with Gasteiger partial charge in [-0.25, -0.2) is 0 Å². The average molecular weight is 352 g/mol. The number of nitrogens with zero attached hydrogens (tertiary/aromatic N) is 1. The maximum Gasteiger partial charge on any atom is 0.139 e. The predicted octanol–water partition coefficient (Wildman–Crippen LogP) is 3.12. The Labute approximate surface area is 111 Å². The first-order chi connectivity index (χ1) is 7.63. The van der Waals surface area contributed by atoms with Crippen LogP contribution in [0, 0.1) is 0 Å². The molecule has 0 saturated heterocycles. The summed E-state index contributed by atoms with van der Waals surface area (Å²) in [6.07, 6.45) is 1.23. The normalized spacial score (nSPS) is 11.5. The van der Waals surface area contributed by atoms with Crippen LogP contribution in [0.2, 0.25) is 0 Å². The van der Waals surface area contributed by atoms with Gasteiger partial charge in [-0.2, -0.15) is 0 Å². The van der Waals surface area contributed by atoms with E-state index in [2.05, 4.69) is 37.0 Å². The Morgan fingerprint density at radius 1 is 1.44 bits per heavy atom. The van der Waals surface area contributed by atoms with E-state index in [1.165, 1.54) is 0 Å². The van der Waals surface area contributed by atoms with Crippen LogP contribution in [0.1, 0.15) is 12.8 Å². The van der Waals surface area contributed by atoms with Crippen LogP contribution in [0.25, 0.3) is 0 Å². The van der Waals surface area contributed by atoms with Crippen molar-refractivity contribution in [2.45, 2.75) is 12.8 Å². The largest absolute Gasteiger partial charge is 0.492 e. The maximum absolute atomic E-state index is 8.34. The molecule has 1 aromatic rings. The highest BCUT2D eigenvalue weighted by molar-refractivity contribution is 9.11. The van der Waals surface area contributed by atoms with E-state index >= 15 is 0 Å². The molecule has 0 spiro atoms. The van der Waals surface area contributed by atoms with Crippen molar-refractivity contribution in [1.29, 1.82) is 0 Å². The van der Waals surface area contributed by atoms with Crippen LogP contribution in [0.4, 0.5) is 0 Å². The Bertz CT molecular complexity index is 383. The number of ether oxygens (including phenoxy) is 1. The van der Waals surface area contributed by atoms with Crippen molar-refractivity contribution in [3.8, 4) is 5.75 Å². The van der Waals surface area contributed by atoms with Crippen molar-refractivity contribution in [2.75, 3.05) is 6.61 Å². The molecule has 16 heavy (non-hydrogen) atoms. The molecule has 0 aliphatic carbocycles. The molecule has 0 fully saturated rings. The number of halogens is 2. The van der Waals surface area contributed by atoms with Crippen LogP contribution >= 0.6 is 31.9 Å². The molecule has 0 aromatic heterocycles. The minimum absolute atomic E-state index is 0.221. The summed E-state index contributed by atoms with van der Waals surface area (Å²) in [6, 6.07) is 5.69. The van der Waals surface area contributed by atoms with E-state index in [1.807, 2.05) is 18.2 Å². The van der Waals surface area contributed by atoms with Gasteiger partial charge in [0.1, 0.15) is 11.6 Å². The lowest BCUT2D eigenvalue weighted by molar-refractivity contribution is 0.304. The molecule has 0 heterocycles. The third-order valence-electron chi connectivity index (χ3n) is 1.86. The molecule has 0 aliphatic heterocycles. The Balaban J connectivity index is 2.37. The van der Waals surface area contributed by atoms with E-state index in [9.17, 15) is 0 Å². The molecule has 0 unspecified atom stereocenters. The second-order valence-electron chi connectivity index (χ2n) is 3.12. The summed E-state index contributed by atoms with van der Waals surface area (Å²) in [5.41, 5.74) is 5.33. The third kappa shape index (κ3) is 4.40. The fourth-order valence-electron chi connectivity index (χ4n) is 1.08. The van der Waals surface area contributed by atoms with Gasteiger partial charge in [0.15, 0.2) is 0 Å². The van der Waals surface area contributed by atoms with E-state index in [4.69, 9.17) is 15.7 Å². The van der Waals surface area contributed by atoms with Crippen LogP contribution in [-0.4, -0.2) is 17.6 Å². The van der Waals surface area contributed by atoms with Crippen LogP contribution in [0.3, 0.4) is 0 Å². The van der Waals surface area contributed by atoms with Gasteiger partial charge in [0, 0.05) is 10.9 Å². The summed E-state index contributed by atoms with van der Waals surface area (Å²) >= 11 is 6.76. The number of nitrogens with two attached hydrogens (primary N) is 1. The lowest BCUT2D eigenvalue weighted by Gasteiger charge is -2.07. The van der Waals surface area contributed by atoms with Crippen molar-refractivity contribution in [1.82, 2.24) is 0 Å². The Morgan fingerprint density at radius 3 is 2.81 bits per heavy atom. The standard InChI is InChI=1S/C10H12Br2N2O2/c11-7-3-4-9(8(12)6-7)16-5-1-2-10(13)14-15/h3-4,6,15H,1-2,5H2,(H2,13,14). The van der Waals surface area contributed by atoms with Gasteiger partial charge in [0.2, 0.25) is 0 Å². The average Bonchev–Trinajstić information content (AvgIpc) is 2.26. The number of hydrogen-bond donors (Lipinski definition) is 2. The molecule has 88 valence electrons. The van der Waals surface area contributed by atoms with Gasteiger partial charge in [-0.1, -0.05) is 21.1 Å². The lowest BCUT2D eigenvalue weighted by Crippen LogP contribution is -2.12. The molecular formula is C10H12Br2N2O2. The van der Waals surface area contributed by atoms with Gasteiger partial charge in [-0.3, -0.25) is 0 Å². The monoisotopic (exact) mass is 350 g/mol. The first-order valence-electron chi connectivity index (χ1n) is 4.67. The summed E-state index contributed by atoms with van der Waals surface area (Å²) in [4.78, 5) is 0. The van der Waals surface area contributed by atoms with Crippen LogP contribution < -0.4 is 10.5 Å². The number of hydrogen-bond acceptors (Lipinski definition) is 3. The van der Waals surface area contributed by atoms with Crippen LogP contribution in [0.5, 0.6) is 5.75 Å². The fourth-order valence-corrected chi connectivity index (χ4v) is 2.24. The quantitative estimate of drug-likeness (QED) is 0.281. The van der Waals surface area contributed by atoms with E-state index in [1.54, 1.807) is 0 Å². The van der Waals surface area contributed by atoms with Crippen LogP contribution in [-0.2, 0) is 0 Å². The first kappa shape index (κ1) is 13.3. The highest BCUT2D eigenvalue weighted by Gasteiger charge is 2.01. The zero-order valence-electron chi connectivity index (χ0n) is 8.49. The van der Waals surface area contributed by atoms with E-state index in [0.29, 0.717) is 19.4 Å². The molecule has 0 radical (unpaired) electrons. The minimum atomic E-state index is 0.221. The van der Waals surface area contributed by atoms with Crippen molar-refractivity contribution >= 4 is 37.7 Å². The summed E-state index contributed by atoms with van der Waals surface area (Å²) in [6.45, 7) is 0.524. The molecule has 3 N–H and O–H groups in total. The molecule has 0 bridgehead atoms. The number of benzene rings is 1. The molecule has 0 saturated carbocycles. The molecule has 1 aromatic carbocycles. The molecule has 0 aliphatic rings. The summed E-state index contributed by atoms with van der Waals surface area (Å²) in [5, 5.41) is 11.2. The molecule has 6 heteroatoms. The Hall–Kier alpha value is -0.750. The second kappa shape index (κ2) is 6.75. The van der Waals surface area contributed by atoms with E-state index in [0.717, 1.165) is 14.7 Å². The van der Waals surface area contributed by atoms with Crippen molar-refractivity contribution in [2.24, 2.45) is 10.9 Å². The molecule has 0 amide bonds. The zero-order chi connectivity index (χ0) is 12.0. The first-order valence-corrected chi connectivity index (χ1v) is 6.26. The van der Waals surface area contributed by atoms with Gasteiger partial charge in [-0.15, -0.1) is 0 Å². The SMILES string of the molecule is NC(CCCOc1ccc(Br)cc1Br)=NO. The van der Waals surface area contributed by atoms with Crippen LogP contribution in [0.15, 0.2) is 32.3 Å². The van der Waals surface area contributed by atoms with Gasteiger partial charge in [-0.05, 0) is 40.5 Å². The summed E-state index contributed by atoms with van der Waals surface area (Å²) in [7, 11) is 0. The maximum atomic E-state index is 8.34. The van der Waals surface area contributed by atoms with Crippen molar-refractivity contribution < 1.29 is 9.94 Å². The van der Waals surface area contributed by atoms with Crippen molar-refractivity contribution in [3.63, 3.8) is 0 Å². The van der Waals surface area contributed by atoms with Gasteiger partial charge in [0.25, 0.3) is 0 Å². The Morgan fingerprint density at radius 2 is 2.19 bits per heavy atom. The third-order valence-corrected chi connectivity index (χ3v) is 2.97. The van der Waals surface area contributed by atoms with Crippen molar-refractivity contribution in [3.05, 3.63) is 27.1 Å². The topological polar surface area (TPSA) is 67.8 Å². The molecule has 0 atom stereocenters. The molecular weight excluding hydrogens is 340 g/mol. The van der Waals surface area contributed by atoms with Gasteiger partial charge >= 0.3 is 0 Å². The second-order valence-corrected chi connectivity index (χ2v) is 4.89. The molecule has 1 rings (SSSR count).